The lowest BCUT2D eigenvalue weighted by molar-refractivity contribution is -0.133. The zero-order valence-electron chi connectivity index (χ0n) is 10.0. The van der Waals surface area contributed by atoms with Crippen LogP contribution >= 0.6 is 0 Å². The molecule has 15 heavy (non-hydrogen) atoms. The van der Waals surface area contributed by atoms with Gasteiger partial charge < -0.3 is 10.6 Å². The Kier molecular flexibility index (Phi) is 5.09. The molecular weight excluding hydrogens is 188 g/mol. The lowest BCUT2D eigenvalue weighted by Gasteiger charge is -2.36. The van der Waals surface area contributed by atoms with Crippen LogP contribution in [-0.2, 0) is 4.79 Å². The van der Waals surface area contributed by atoms with Crippen molar-refractivity contribution in [2.45, 2.75) is 52.0 Å². The summed E-state index contributed by atoms with van der Waals surface area (Å²) in [6.45, 7) is 6.01. The van der Waals surface area contributed by atoms with E-state index in [-0.39, 0.29) is 0 Å². The minimum Gasteiger partial charge on any atom is -0.342 e. The van der Waals surface area contributed by atoms with Gasteiger partial charge in [-0.15, -0.1) is 0 Å². The molecule has 1 rings (SSSR count). The molecule has 0 aromatic carbocycles. The zero-order chi connectivity index (χ0) is 11.3. The topological polar surface area (TPSA) is 46.3 Å². The Bertz CT molecular complexity index is 206. The van der Waals surface area contributed by atoms with Gasteiger partial charge in [0.15, 0.2) is 0 Å². The molecule has 1 fully saturated rings. The molecule has 1 aliphatic rings. The molecule has 0 aromatic rings. The van der Waals surface area contributed by atoms with Crippen molar-refractivity contribution in [3.63, 3.8) is 0 Å². The van der Waals surface area contributed by atoms with Crippen LogP contribution in [0.3, 0.4) is 0 Å². The van der Waals surface area contributed by atoms with Crippen LogP contribution in [0.15, 0.2) is 0 Å². The Morgan fingerprint density at radius 2 is 2.20 bits per heavy atom. The zero-order valence-corrected chi connectivity index (χ0v) is 10.0. The fraction of sp³-hybridized carbons (Fsp3) is 0.917. The number of rotatable bonds is 4. The van der Waals surface area contributed by atoms with Gasteiger partial charge in [-0.3, -0.25) is 4.79 Å². The number of amides is 1. The minimum absolute atomic E-state index is 0.297. The Balaban J connectivity index is 2.40. The quantitative estimate of drug-likeness (QED) is 0.772. The van der Waals surface area contributed by atoms with Crippen molar-refractivity contribution >= 4 is 5.91 Å². The fourth-order valence-electron chi connectivity index (χ4n) is 2.19. The summed E-state index contributed by atoms with van der Waals surface area (Å²) >= 11 is 0. The van der Waals surface area contributed by atoms with Crippen LogP contribution in [0.5, 0.6) is 0 Å². The summed E-state index contributed by atoms with van der Waals surface area (Å²) in [6.07, 6.45) is 4.87. The first-order chi connectivity index (χ1) is 7.19. The van der Waals surface area contributed by atoms with Crippen LogP contribution < -0.4 is 5.73 Å². The smallest absolute Gasteiger partial charge is 0.222 e. The van der Waals surface area contributed by atoms with Crippen molar-refractivity contribution in [2.24, 2.45) is 11.7 Å². The van der Waals surface area contributed by atoms with E-state index in [1.165, 1.54) is 0 Å². The number of carbonyl (C=O) groups excluding carboxylic acids is 1. The van der Waals surface area contributed by atoms with E-state index in [2.05, 4.69) is 13.8 Å². The summed E-state index contributed by atoms with van der Waals surface area (Å²) in [7, 11) is 0. The molecule has 3 nitrogen and oxygen atoms in total. The van der Waals surface area contributed by atoms with E-state index in [1.807, 2.05) is 4.90 Å². The van der Waals surface area contributed by atoms with Crippen LogP contribution in [-0.4, -0.2) is 29.9 Å². The van der Waals surface area contributed by atoms with Gasteiger partial charge >= 0.3 is 0 Å². The standard InChI is InChI=1S/C12H24N2O/c1-3-5-6-12(15)14-8-7-11(13)10(4-2)9-14/h10-11H,3-9,13H2,1-2H3. The van der Waals surface area contributed by atoms with Gasteiger partial charge in [0.25, 0.3) is 0 Å². The van der Waals surface area contributed by atoms with Gasteiger partial charge in [-0.25, -0.2) is 0 Å². The number of carbonyl (C=O) groups is 1. The number of nitrogens with two attached hydrogens (primary N) is 1. The molecule has 2 unspecified atom stereocenters. The molecule has 0 radical (unpaired) electrons. The van der Waals surface area contributed by atoms with E-state index >= 15 is 0 Å². The van der Waals surface area contributed by atoms with E-state index in [1.54, 1.807) is 0 Å². The second kappa shape index (κ2) is 6.11. The molecule has 3 heteroatoms. The van der Waals surface area contributed by atoms with Gasteiger partial charge in [0.1, 0.15) is 0 Å². The van der Waals surface area contributed by atoms with Crippen LogP contribution in [0.25, 0.3) is 0 Å². The summed E-state index contributed by atoms with van der Waals surface area (Å²) in [5, 5.41) is 0. The van der Waals surface area contributed by atoms with Gasteiger partial charge in [0.2, 0.25) is 5.91 Å². The first-order valence-electron chi connectivity index (χ1n) is 6.22. The number of unbranched alkanes of at least 4 members (excludes halogenated alkanes) is 1. The van der Waals surface area contributed by atoms with Crippen molar-refractivity contribution in [3.8, 4) is 0 Å². The first-order valence-corrected chi connectivity index (χ1v) is 6.22. The van der Waals surface area contributed by atoms with Crippen molar-refractivity contribution in [3.05, 3.63) is 0 Å². The average Bonchev–Trinajstić information content (AvgIpc) is 2.26. The molecule has 0 saturated carbocycles. The summed E-state index contributed by atoms with van der Waals surface area (Å²) in [5.74, 6) is 0.825. The van der Waals surface area contributed by atoms with Gasteiger partial charge in [-0.1, -0.05) is 26.7 Å². The van der Waals surface area contributed by atoms with Crippen LogP contribution in [0.1, 0.15) is 46.0 Å². The predicted octanol–water partition coefficient (Wildman–Crippen LogP) is 1.76. The molecule has 1 heterocycles. The highest BCUT2D eigenvalue weighted by Gasteiger charge is 2.27. The summed E-state index contributed by atoms with van der Waals surface area (Å²) in [6, 6.07) is 0.297. The number of piperidine rings is 1. The van der Waals surface area contributed by atoms with Crippen molar-refractivity contribution in [2.75, 3.05) is 13.1 Å². The Morgan fingerprint density at radius 3 is 2.80 bits per heavy atom. The van der Waals surface area contributed by atoms with Crippen LogP contribution in [0, 0.1) is 5.92 Å². The van der Waals surface area contributed by atoms with Gasteiger partial charge in [0.05, 0.1) is 0 Å². The van der Waals surface area contributed by atoms with Gasteiger partial charge in [-0.05, 0) is 18.8 Å². The fourth-order valence-corrected chi connectivity index (χ4v) is 2.19. The molecule has 1 saturated heterocycles. The number of hydrogen-bond donors (Lipinski definition) is 1. The number of hydrogen-bond acceptors (Lipinski definition) is 2. The van der Waals surface area contributed by atoms with Crippen LogP contribution in [0.2, 0.25) is 0 Å². The maximum atomic E-state index is 11.8. The molecule has 0 aliphatic carbocycles. The molecule has 1 aliphatic heterocycles. The minimum atomic E-state index is 0.297. The second-order valence-electron chi connectivity index (χ2n) is 4.56. The maximum absolute atomic E-state index is 11.8. The van der Waals surface area contributed by atoms with E-state index in [4.69, 9.17) is 5.73 Å². The summed E-state index contributed by atoms with van der Waals surface area (Å²) in [4.78, 5) is 13.8. The van der Waals surface area contributed by atoms with Crippen LogP contribution in [0.4, 0.5) is 0 Å². The lowest BCUT2D eigenvalue weighted by atomic mass is 9.90. The first kappa shape index (κ1) is 12.5. The van der Waals surface area contributed by atoms with E-state index in [0.29, 0.717) is 24.3 Å². The average molecular weight is 212 g/mol. The highest BCUT2D eigenvalue weighted by molar-refractivity contribution is 5.76. The van der Waals surface area contributed by atoms with E-state index in [0.717, 1.165) is 38.8 Å². The van der Waals surface area contributed by atoms with Crippen molar-refractivity contribution in [1.82, 2.24) is 4.90 Å². The predicted molar refractivity (Wildman–Crippen MR) is 62.5 cm³/mol. The molecule has 0 aromatic heterocycles. The summed E-state index contributed by atoms with van der Waals surface area (Å²) < 4.78 is 0. The molecule has 1 amide bonds. The lowest BCUT2D eigenvalue weighted by Crippen LogP contribution is -2.48. The van der Waals surface area contributed by atoms with Crippen molar-refractivity contribution in [1.29, 1.82) is 0 Å². The highest BCUT2D eigenvalue weighted by atomic mass is 16.2. The Hall–Kier alpha value is -0.570. The Morgan fingerprint density at radius 1 is 1.47 bits per heavy atom. The largest absolute Gasteiger partial charge is 0.342 e. The van der Waals surface area contributed by atoms with Gasteiger partial charge in [-0.2, -0.15) is 0 Å². The molecule has 88 valence electrons. The van der Waals surface area contributed by atoms with E-state index < -0.39 is 0 Å². The summed E-state index contributed by atoms with van der Waals surface area (Å²) in [5.41, 5.74) is 6.01. The third-order valence-corrected chi connectivity index (χ3v) is 3.41. The third kappa shape index (κ3) is 3.49. The highest BCUT2D eigenvalue weighted by Crippen LogP contribution is 2.19. The molecule has 0 bridgehead atoms. The monoisotopic (exact) mass is 212 g/mol. The maximum Gasteiger partial charge on any atom is 0.222 e. The van der Waals surface area contributed by atoms with E-state index in [9.17, 15) is 4.79 Å². The van der Waals surface area contributed by atoms with Crippen molar-refractivity contribution < 1.29 is 4.79 Å². The Labute approximate surface area is 93.0 Å². The second-order valence-corrected chi connectivity index (χ2v) is 4.56. The molecular formula is C12H24N2O. The van der Waals surface area contributed by atoms with Gasteiger partial charge in [0, 0.05) is 25.6 Å². The molecule has 2 N–H and O–H groups in total. The third-order valence-electron chi connectivity index (χ3n) is 3.41. The molecule has 0 spiro atoms. The normalized spacial score (nSPS) is 26.7. The SMILES string of the molecule is CCCCC(=O)N1CCC(N)C(CC)C1. The molecule has 2 atom stereocenters. The number of nitrogens with zero attached hydrogens (tertiary/aromatic N) is 1. The number of likely N-dealkylation sites (tertiary alicyclic amines) is 1.